The van der Waals surface area contributed by atoms with Crippen molar-refractivity contribution in [2.45, 2.75) is 0 Å². The Kier molecular flexibility index (Phi) is 3.42. The van der Waals surface area contributed by atoms with Crippen molar-refractivity contribution in [2.75, 3.05) is 0 Å². The highest BCUT2D eigenvalue weighted by molar-refractivity contribution is 5.67. The molecule has 3 rings (SSSR count). The van der Waals surface area contributed by atoms with E-state index in [4.69, 9.17) is 4.42 Å². The van der Waals surface area contributed by atoms with Crippen molar-refractivity contribution in [3.63, 3.8) is 0 Å². The lowest BCUT2D eigenvalue weighted by atomic mass is 10.2. The van der Waals surface area contributed by atoms with Crippen LogP contribution in [0.25, 0.3) is 23.5 Å². The molecule has 2 aromatic carbocycles. The molecule has 0 unspecified atom stereocenters. The molecule has 3 heteroatoms. The summed E-state index contributed by atoms with van der Waals surface area (Å²) in [6.45, 7) is 0. The third-order valence-electron chi connectivity index (χ3n) is 2.87. The fourth-order valence-electron chi connectivity index (χ4n) is 1.84. The van der Waals surface area contributed by atoms with Crippen LogP contribution in [-0.4, -0.2) is 4.98 Å². The average Bonchev–Trinajstić information content (AvgIpc) is 2.97. The number of oxazole rings is 1. The minimum atomic E-state index is -0.246. The third kappa shape index (κ3) is 2.83. The minimum absolute atomic E-state index is 0.246. The molecule has 0 amide bonds. The molecule has 1 aromatic heterocycles. The first-order valence-electron chi connectivity index (χ1n) is 6.26. The molecule has 0 N–H and O–H groups in total. The summed E-state index contributed by atoms with van der Waals surface area (Å²) in [4.78, 5) is 4.20. The maximum Gasteiger partial charge on any atom is 0.219 e. The quantitative estimate of drug-likeness (QED) is 0.689. The van der Waals surface area contributed by atoms with E-state index < -0.39 is 0 Å². The first kappa shape index (κ1) is 12.4. The molecule has 0 bridgehead atoms. The molecule has 0 aliphatic heterocycles. The lowest BCUT2D eigenvalue weighted by Crippen LogP contribution is -1.74. The fourth-order valence-corrected chi connectivity index (χ4v) is 1.84. The molecule has 0 aliphatic rings. The molecular formula is C17H12FNO. The van der Waals surface area contributed by atoms with E-state index >= 15 is 0 Å². The van der Waals surface area contributed by atoms with Crippen LogP contribution in [0.5, 0.6) is 0 Å². The molecule has 0 fully saturated rings. The predicted octanol–water partition coefficient (Wildman–Crippen LogP) is 4.65. The van der Waals surface area contributed by atoms with Crippen molar-refractivity contribution in [3.8, 4) is 11.3 Å². The molecule has 98 valence electrons. The van der Waals surface area contributed by atoms with E-state index in [0.717, 1.165) is 16.9 Å². The van der Waals surface area contributed by atoms with Crippen LogP contribution in [0.3, 0.4) is 0 Å². The monoisotopic (exact) mass is 265 g/mol. The van der Waals surface area contributed by atoms with Gasteiger partial charge in [0.1, 0.15) is 5.82 Å². The number of hydrogen-bond donors (Lipinski definition) is 0. The van der Waals surface area contributed by atoms with E-state index in [-0.39, 0.29) is 5.82 Å². The standard InChI is InChI=1S/C17H12FNO/c18-15-9-6-13(7-10-15)8-11-17-19-12-16(20-17)14-4-2-1-3-5-14/h1-12H/b11-8+. The van der Waals surface area contributed by atoms with E-state index in [1.807, 2.05) is 36.4 Å². The van der Waals surface area contributed by atoms with Crippen molar-refractivity contribution in [3.05, 3.63) is 78.1 Å². The van der Waals surface area contributed by atoms with Crippen molar-refractivity contribution in [1.29, 1.82) is 0 Å². The van der Waals surface area contributed by atoms with Gasteiger partial charge in [-0.1, -0.05) is 42.5 Å². The van der Waals surface area contributed by atoms with Crippen molar-refractivity contribution in [1.82, 2.24) is 4.98 Å². The number of aromatic nitrogens is 1. The average molecular weight is 265 g/mol. The molecule has 0 spiro atoms. The van der Waals surface area contributed by atoms with Gasteiger partial charge in [-0.05, 0) is 23.8 Å². The van der Waals surface area contributed by atoms with Crippen LogP contribution in [0.4, 0.5) is 4.39 Å². The Bertz CT molecular complexity index is 714. The summed E-state index contributed by atoms with van der Waals surface area (Å²) in [5, 5.41) is 0. The van der Waals surface area contributed by atoms with Gasteiger partial charge < -0.3 is 4.42 Å². The van der Waals surface area contributed by atoms with Gasteiger partial charge in [0.05, 0.1) is 6.20 Å². The van der Waals surface area contributed by atoms with Gasteiger partial charge in [-0.3, -0.25) is 0 Å². The number of hydrogen-bond acceptors (Lipinski definition) is 2. The second kappa shape index (κ2) is 5.53. The summed E-state index contributed by atoms with van der Waals surface area (Å²) in [5.41, 5.74) is 1.88. The SMILES string of the molecule is Fc1ccc(/C=C/c2ncc(-c3ccccc3)o2)cc1. The van der Waals surface area contributed by atoms with Crippen LogP contribution in [0.15, 0.2) is 65.2 Å². The first-order valence-corrected chi connectivity index (χ1v) is 6.26. The Morgan fingerprint density at radius 1 is 0.900 bits per heavy atom. The highest BCUT2D eigenvalue weighted by Gasteiger charge is 2.03. The topological polar surface area (TPSA) is 26.0 Å². The maximum atomic E-state index is 12.8. The van der Waals surface area contributed by atoms with Gasteiger partial charge in [0, 0.05) is 11.6 Å². The van der Waals surface area contributed by atoms with Gasteiger partial charge in [0.25, 0.3) is 0 Å². The Morgan fingerprint density at radius 2 is 1.65 bits per heavy atom. The molecule has 2 nitrogen and oxygen atoms in total. The van der Waals surface area contributed by atoms with Crippen LogP contribution in [0.1, 0.15) is 11.5 Å². The number of rotatable bonds is 3. The molecule has 0 atom stereocenters. The van der Waals surface area contributed by atoms with Gasteiger partial charge in [-0.15, -0.1) is 0 Å². The second-order valence-corrected chi connectivity index (χ2v) is 4.31. The lowest BCUT2D eigenvalue weighted by Gasteiger charge is -1.93. The highest BCUT2D eigenvalue weighted by Crippen LogP contribution is 2.20. The molecule has 0 aliphatic carbocycles. The van der Waals surface area contributed by atoms with Gasteiger partial charge in [-0.25, -0.2) is 9.37 Å². The molecule has 0 saturated heterocycles. The predicted molar refractivity (Wildman–Crippen MR) is 77.3 cm³/mol. The van der Waals surface area contributed by atoms with Gasteiger partial charge in [0.2, 0.25) is 5.89 Å². The Labute approximate surface area is 116 Å². The number of halogens is 1. The smallest absolute Gasteiger partial charge is 0.219 e. The van der Waals surface area contributed by atoms with E-state index in [9.17, 15) is 4.39 Å². The van der Waals surface area contributed by atoms with Gasteiger partial charge in [0.15, 0.2) is 5.76 Å². The van der Waals surface area contributed by atoms with Crippen LogP contribution >= 0.6 is 0 Å². The molecule has 3 aromatic rings. The van der Waals surface area contributed by atoms with Crippen LogP contribution < -0.4 is 0 Å². The number of benzene rings is 2. The zero-order chi connectivity index (χ0) is 13.8. The van der Waals surface area contributed by atoms with Crippen LogP contribution in [0, 0.1) is 5.82 Å². The summed E-state index contributed by atoms with van der Waals surface area (Å²) in [6, 6.07) is 16.0. The molecule has 20 heavy (non-hydrogen) atoms. The summed E-state index contributed by atoms with van der Waals surface area (Å²) < 4.78 is 18.4. The van der Waals surface area contributed by atoms with E-state index in [0.29, 0.717) is 5.89 Å². The Balaban J connectivity index is 1.79. The zero-order valence-electron chi connectivity index (χ0n) is 10.7. The summed E-state index contributed by atoms with van der Waals surface area (Å²) in [6.07, 6.45) is 5.29. The second-order valence-electron chi connectivity index (χ2n) is 4.31. The Hall–Kier alpha value is -2.68. The Morgan fingerprint density at radius 3 is 2.40 bits per heavy atom. The van der Waals surface area contributed by atoms with Crippen molar-refractivity contribution < 1.29 is 8.81 Å². The first-order chi connectivity index (χ1) is 9.81. The third-order valence-corrected chi connectivity index (χ3v) is 2.87. The molecule has 0 saturated carbocycles. The maximum absolute atomic E-state index is 12.8. The van der Waals surface area contributed by atoms with Gasteiger partial charge in [-0.2, -0.15) is 0 Å². The highest BCUT2D eigenvalue weighted by atomic mass is 19.1. The normalized spacial score (nSPS) is 11.1. The molecule has 1 heterocycles. The minimum Gasteiger partial charge on any atom is -0.437 e. The molecular weight excluding hydrogens is 253 g/mol. The van der Waals surface area contributed by atoms with E-state index in [1.165, 1.54) is 12.1 Å². The summed E-state index contributed by atoms with van der Waals surface area (Å²) in [5.74, 6) is 1.00. The molecule has 0 radical (unpaired) electrons. The van der Waals surface area contributed by atoms with Crippen molar-refractivity contribution >= 4 is 12.2 Å². The van der Waals surface area contributed by atoms with Crippen LogP contribution in [0.2, 0.25) is 0 Å². The summed E-state index contributed by atoms with van der Waals surface area (Å²) >= 11 is 0. The zero-order valence-corrected chi connectivity index (χ0v) is 10.7. The van der Waals surface area contributed by atoms with Crippen molar-refractivity contribution in [2.24, 2.45) is 0 Å². The summed E-state index contributed by atoms with van der Waals surface area (Å²) in [7, 11) is 0. The van der Waals surface area contributed by atoms with E-state index in [2.05, 4.69) is 4.98 Å². The number of nitrogens with zero attached hydrogens (tertiary/aromatic N) is 1. The largest absolute Gasteiger partial charge is 0.437 e. The fraction of sp³-hybridized carbons (Fsp3) is 0. The van der Waals surface area contributed by atoms with Crippen LogP contribution in [-0.2, 0) is 0 Å². The van der Waals surface area contributed by atoms with E-state index in [1.54, 1.807) is 24.4 Å². The lowest BCUT2D eigenvalue weighted by molar-refractivity contribution is 0.560. The van der Waals surface area contributed by atoms with Gasteiger partial charge >= 0.3 is 0 Å².